The van der Waals surface area contributed by atoms with E-state index in [1.165, 1.54) is 38.3 Å². The van der Waals surface area contributed by atoms with E-state index in [1.54, 1.807) is 0 Å². The highest BCUT2D eigenvalue weighted by atomic mass is 35.5. The highest BCUT2D eigenvalue weighted by molar-refractivity contribution is 7.92. The second-order valence-corrected chi connectivity index (χ2v) is 6.63. The summed E-state index contributed by atoms with van der Waals surface area (Å²) in [5, 5.41) is 1.78. The molecule has 0 spiro atoms. The number of nitrogens with one attached hydrogen (secondary N) is 1. The predicted molar refractivity (Wildman–Crippen MR) is 73.0 cm³/mol. The van der Waals surface area contributed by atoms with Gasteiger partial charge in [0.15, 0.2) is 9.84 Å². The van der Waals surface area contributed by atoms with E-state index < -0.39 is 21.0 Å². The van der Waals surface area contributed by atoms with Crippen LogP contribution in [0.25, 0.3) is 0 Å². The third-order valence-electron chi connectivity index (χ3n) is 2.58. The van der Waals surface area contributed by atoms with E-state index in [0.29, 0.717) is 11.6 Å². The van der Waals surface area contributed by atoms with Crippen molar-refractivity contribution in [3.8, 4) is 0 Å². The van der Waals surface area contributed by atoms with Crippen molar-refractivity contribution in [2.75, 3.05) is 20.3 Å². The average molecular weight is 306 g/mol. The first-order valence-electron chi connectivity index (χ1n) is 5.65. The Morgan fingerprint density at radius 3 is 2.47 bits per heavy atom. The van der Waals surface area contributed by atoms with Gasteiger partial charge < -0.3 is 10.1 Å². The van der Waals surface area contributed by atoms with Gasteiger partial charge in [-0.2, -0.15) is 0 Å². The van der Waals surface area contributed by atoms with Gasteiger partial charge in [-0.05, 0) is 31.2 Å². The average Bonchev–Trinajstić information content (AvgIpc) is 2.38. The molecule has 0 aliphatic heterocycles. The molecule has 0 saturated heterocycles. The van der Waals surface area contributed by atoms with E-state index in [9.17, 15) is 13.2 Å². The van der Waals surface area contributed by atoms with E-state index in [1.807, 2.05) is 0 Å². The first-order valence-corrected chi connectivity index (χ1v) is 7.58. The largest absolute Gasteiger partial charge is 0.383 e. The van der Waals surface area contributed by atoms with Crippen LogP contribution in [0.5, 0.6) is 0 Å². The lowest BCUT2D eigenvalue weighted by molar-refractivity contribution is -0.120. The molecule has 1 aromatic carbocycles. The van der Waals surface area contributed by atoms with Crippen molar-refractivity contribution in [3.05, 3.63) is 29.3 Å². The summed E-state index contributed by atoms with van der Waals surface area (Å²) in [7, 11) is -2.20. The number of amides is 1. The molecule has 0 aromatic heterocycles. The number of rotatable bonds is 6. The van der Waals surface area contributed by atoms with Crippen molar-refractivity contribution >= 4 is 27.3 Å². The van der Waals surface area contributed by atoms with Crippen molar-refractivity contribution in [1.29, 1.82) is 0 Å². The normalized spacial score (nSPS) is 13.0. The minimum atomic E-state index is -3.70. The fourth-order valence-electron chi connectivity index (χ4n) is 1.39. The van der Waals surface area contributed by atoms with Gasteiger partial charge in [0.1, 0.15) is 5.25 Å². The molecule has 5 nitrogen and oxygen atoms in total. The Morgan fingerprint density at radius 2 is 1.95 bits per heavy atom. The fraction of sp³-hybridized carbons (Fsp3) is 0.417. The molecule has 0 saturated carbocycles. The maximum absolute atomic E-state index is 12.2. The van der Waals surface area contributed by atoms with Crippen LogP contribution >= 0.6 is 11.6 Å². The zero-order chi connectivity index (χ0) is 14.5. The minimum Gasteiger partial charge on any atom is -0.383 e. The smallest absolute Gasteiger partial charge is 0.238 e. The zero-order valence-electron chi connectivity index (χ0n) is 10.7. The molecule has 19 heavy (non-hydrogen) atoms. The summed E-state index contributed by atoms with van der Waals surface area (Å²) in [5.41, 5.74) is 0. The summed E-state index contributed by atoms with van der Waals surface area (Å²) >= 11 is 5.70. The topological polar surface area (TPSA) is 72.5 Å². The van der Waals surface area contributed by atoms with Gasteiger partial charge in [-0.1, -0.05) is 11.6 Å². The Morgan fingerprint density at radius 1 is 1.37 bits per heavy atom. The summed E-state index contributed by atoms with van der Waals surface area (Å²) in [6.07, 6.45) is 0. The molecule has 1 atom stereocenters. The number of methoxy groups -OCH3 is 1. The Hall–Kier alpha value is -1.11. The Kier molecular flexibility index (Phi) is 5.78. The highest BCUT2D eigenvalue weighted by Gasteiger charge is 2.29. The first-order chi connectivity index (χ1) is 8.89. The number of hydrogen-bond acceptors (Lipinski definition) is 4. The van der Waals surface area contributed by atoms with Gasteiger partial charge in [0, 0.05) is 18.7 Å². The van der Waals surface area contributed by atoms with Crippen LogP contribution < -0.4 is 5.32 Å². The molecule has 1 aromatic rings. The predicted octanol–water partition coefficient (Wildman–Crippen LogP) is 1.26. The fourth-order valence-corrected chi connectivity index (χ4v) is 2.80. The molecule has 0 heterocycles. The van der Waals surface area contributed by atoms with Gasteiger partial charge in [-0.15, -0.1) is 0 Å². The number of hydrogen-bond donors (Lipinski definition) is 1. The Labute approximate surface area is 117 Å². The highest BCUT2D eigenvalue weighted by Crippen LogP contribution is 2.18. The molecule has 0 unspecified atom stereocenters. The molecule has 0 radical (unpaired) electrons. The third kappa shape index (κ3) is 4.19. The van der Waals surface area contributed by atoms with Crippen LogP contribution in [-0.4, -0.2) is 39.8 Å². The van der Waals surface area contributed by atoms with Crippen molar-refractivity contribution in [2.24, 2.45) is 0 Å². The van der Waals surface area contributed by atoms with Gasteiger partial charge in [-0.3, -0.25) is 4.79 Å². The van der Waals surface area contributed by atoms with E-state index >= 15 is 0 Å². The van der Waals surface area contributed by atoms with Gasteiger partial charge in [0.25, 0.3) is 0 Å². The van der Waals surface area contributed by atoms with E-state index in [2.05, 4.69) is 5.32 Å². The third-order valence-corrected chi connectivity index (χ3v) is 4.91. The van der Waals surface area contributed by atoms with E-state index in [4.69, 9.17) is 16.3 Å². The number of ether oxygens (including phenoxy) is 1. The van der Waals surface area contributed by atoms with Crippen molar-refractivity contribution in [3.63, 3.8) is 0 Å². The molecule has 1 N–H and O–H groups in total. The number of carbonyl (C=O) groups excluding carboxylic acids is 1. The van der Waals surface area contributed by atoms with Gasteiger partial charge in [0.05, 0.1) is 11.5 Å². The van der Waals surface area contributed by atoms with Gasteiger partial charge in [0.2, 0.25) is 5.91 Å². The molecule has 7 heteroatoms. The molecule has 0 aliphatic carbocycles. The molecular formula is C12H16ClNO4S. The maximum Gasteiger partial charge on any atom is 0.238 e. The van der Waals surface area contributed by atoms with Crippen LogP contribution in [-0.2, 0) is 19.4 Å². The summed E-state index contributed by atoms with van der Waals surface area (Å²) in [5.74, 6) is -0.549. The van der Waals surface area contributed by atoms with Gasteiger partial charge >= 0.3 is 0 Å². The summed E-state index contributed by atoms with van der Waals surface area (Å²) in [4.78, 5) is 11.8. The lowest BCUT2D eigenvalue weighted by Gasteiger charge is -2.13. The van der Waals surface area contributed by atoms with Crippen molar-refractivity contribution in [1.82, 2.24) is 5.32 Å². The lowest BCUT2D eigenvalue weighted by Crippen LogP contribution is -2.39. The Balaban J connectivity index is 2.82. The second-order valence-electron chi connectivity index (χ2n) is 3.92. The minimum absolute atomic E-state index is 0.0753. The monoisotopic (exact) mass is 305 g/mol. The SMILES string of the molecule is COCCNC(=O)[C@H](C)S(=O)(=O)c1ccc(Cl)cc1. The van der Waals surface area contributed by atoms with Crippen molar-refractivity contribution in [2.45, 2.75) is 17.1 Å². The molecule has 106 valence electrons. The molecule has 0 aliphatic rings. The summed E-state index contributed by atoms with van der Waals surface area (Å²) in [6, 6.07) is 5.72. The van der Waals surface area contributed by atoms with Gasteiger partial charge in [-0.25, -0.2) is 8.42 Å². The summed E-state index contributed by atoms with van der Waals surface area (Å²) in [6.45, 7) is 1.96. The molecule has 0 bridgehead atoms. The maximum atomic E-state index is 12.2. The van der Waals surface area contributed by atoms with E-state index in [0.717, 1.165) is 0 Å². The van der Waals surface area contributed by atoms with Crippen LogP contribution in [0.2, 0.25) is 5.02 Å². The molecule has 1 rings (SSSR count). The molecule has 0 fully saturated rings. The number of carbonyl (C=O) groups is 1. The van der Waals surface area contributed by atoms with Crippen LogP contribution in [0.3, 0.4) is 0 Å². The summed E-state index contributed by atoms with van der Waals surface area (Å²) < 4.78 is 29.1. The van der Waals surface area contributed by atoms with Crippen LogP contribution in [0, 0.1) is 0 Å². The number of halogens is 1. The first kappa shape index (κ1) is 15.9. The standard InChI is InChI=1S/C12H16ClNO4S/c1-9(12(15)14-7-8-18-2)19(16,17)11-5-3-10(13)4-6-11/h3-6,9H,7-8H2,1-2H3,(H,14,15)/t9-/m0/s1. The zero-order valence-corrected chi connectivity index (χ0v) is 12.3. The number of sulfone groups is 1. The van der Waals surface area contributed by atoms with Crippen molar-refractivity contribution < 1.29 is 17.9 Å². The van der Waals surface area contributed by atoms with Crippen LogP contribution in [0.4, 0.5) is 0 Å². The lowest BCUT2D eigenvalue weighted by atomic mass is 10.4. The van der Waals surface area contributed by atoms with Crippen LogP contribution in [0.15, 0.2) is 29.2 Å². The second kappa shape index (κ2) is 6.88. The van der Waals surface area contributed by atoms with Crippen LogP contribution in [0.1, 0.15) is 6.92 Å². The quantitative estimate of drug-likeness (QED) is 0.803. The molecular weight excluding hydrogens is 290 g/mol. The number of benzene rings is 1. The Bertz CT molecular complexity index is 527. The van der Waals surface area contributed by atoms with E-state index in [-0.39, 0.29) is 11.4 Å². The molecule has 1 amide bonds.